The Kier molecular flexibility index (Phi) is 7.15. The van der Waals surface area contributed by atoms with Crippen LogP contribution in [-0.4, -0.2) is 16.7 Å². The smallest absolute Gasteiger partial charge is 0.242 e. The van der Waals surface area contributed by atoms with Gasteiger partial charge >= 0.3 is 0 Å². The maximum atomic E-state index is 4.61. The van der Waals surface area contributed by atoms with Crippen LogP contribution in [0.1, 0.15) is 33.4 Å². The SMILES string of the molecule is Cc1cc(C)c(B(c2ccc(N(c3ccccc3)c3cnccn3)cc2)c2c(C)cc(C)cc2C)c(C)c1. The number of hydrogen-bond donors (Lipinski definition) is 0. The zero-order valence-corrected chi connectivity index (χ0v) is 23.2. The summed E-state index contributed by atoms with van der Waals surface area (Å²) in [4.78, 5) is 11.1. The standard InChI is InChI=1S/C34H34BN3/c1-23-18-25(3)33(26(4)19-23)35(34-27(5)20-24(2)21-28(34)6)29-12-14-31(15-13-29)38(30-10-8-7-9-11-30)32-22-36-16-17-37-32/h7-22H,1-6H3. The average molecular weight is 495 g/mol. The van der Waals surface area contributed by atoms with Crippen LogP contribution in [0.4, 0.5) is 17.2 Å². The van der Waals surface area contributed by atoms with Gasteiger partial charge < -0.3 is 0 Å². The van der Waals surface area contributed by atoms with Crippen LogP contribution in [0, 0.1) is 41.5 Å². The maximum Gasteiger partial charge on any atom is 0.242 e. The first-order valence-electron chi connectivity index (χ1n) is 13.2. The topological polar surface area (TPSA) is 29.0 Å². The lowest BCUT2D eigenvalue weighted by atomic mass is 9.34. The van der Waals surface area contributed by atoms with Crippen molar-refractivity contribution < 1.29 is 0 Å². The van der Waals surface area contributed by atoms with Crippen molar-refractivity contribution in [2.24, 2.45) is 0 Å². The molecule has 3 nitrogen and oxygen atoms in total. The van der Waals surface area contributed by atoms with Gasteiger partial charge in [0.1, 0.15) is 0 Å². The summed E-state index contributed by atoms with van der Waals surface area (Å²) in [6.45, 7) is 13.5. The van der Waals surface area contributed by atoms with Crippen LogP contribution in [0.25, 0.3) is 0 Å². The third-order valence-corrected chi connectivity index (χ3v) is 7.33. The van der Waals surface area contributed by atoms with E-state index in [4.69, 9.17) is 0 Å². The van der Waals surface area contributed by atoms with Crippen LogP contribution < -0.4 is 21.3 Å². The van der Waals surface area contributed by atoms with Gasteiger partial charge in [-0.15, -0.1) is 0 Å². The minimum Gasteiger partial charge on any atom is -0.294 e. The van der Waals surface area contributed by atoms with Crippen molar-refractivity contribution in [3.8, 4) is 0 Å². The van der Waals surface area contributed by atoms with Crippen LogP contribution in [0.15, 0.2) is 97.5 Å². The molecule has 0 unspecified atom stereocenters. The van der Waals surface area contributed by atoms with Crippen LogP contribution >= 0.6 is 0 Å². The zero-order valence-electron chi connectivity index (χ0n) is 23.2. The summed E-state index contributed by atoms with van der Waals surface area (Å²) in [5.41, 5.74) is 14.1. The normalized spacial score (nSPS) is 10.9. The molecule has 5 rings (SSSR count). The maximum absolute atomic E-state index is 4.61. The molecule has 0 spiro atoms. The van der Waals surface area contributed by atoms with Crippen LogP contribution in [0.5, 0.6) is 0 Å². The fourth-order valence-electron chi connectivity index (χ4n) is 5.98. The molecule has 1 heterocycles. The Hall–Kier alpha value is -4.18. The third kappa shape index (κ3) is 4.99. The molecule has 4 aromatic carbocycles. The molecule has 0 amide bonds. The van der Waals surface area contributed by atoms with E-state index in [0.29, 0.717) is 0 Å². The Labute approximate surface area is 227 Å². The lowest BCUT2D eigenvalue weighted by Gasteiger charge is -2.26. The Morgan fingerprint density at radius 1 is 0.579 bits per heavy atom. The van der Waals surface area contributed by atoms with Gasteiger partial charge in [0, 0.05) is 23.8 Å². The van der Waals surface area contributed by atoms with Crippen LogP contribution in [0.2, 0.25) is 0 Å². The summed E-state index contributed by atoms with van der Waals surface area (Å²) in [7, 11) is 0. The highest BCUT2D eigenvalue weighted by Crippen LogP contribution is 2.31. The number of benzene rings is 4. The number of aryl methyl sites for hydroxylation is 6. The average Bonchev–Trinajstić information content (AvgIpc) is 2.89. The van der Waals surface area contributed by atoms with Gasteiger partial charge in [-0.1, -0.05) is 104 Å². The van der Waals surface area contributed by atoms with Crippen LogP contribution in [-0.2, 0) is 0 Å². The Bertz CT molecular complexity index is 1420. The van der Waals surface area contributed by atoms with Crippen molar-refractivity contribution >= 4 is 40.3 Å². The van der Waals surface area contributed by atoms with Crippen molar-refractivity contribution in [2.75, 3.05) is 4.90 Å². The number of para-hydroxylation sites is 1. The van der Waals surface area contributed by atoms with E-state index in [9.17, 15) is 0 Å². The van der Waals surface area contributed by atoms with Crippen molar-refractivity contribution in [3.63, 3.8) is 0 Å². The number of rotatable bonds is 6. The second-order valence-corrected chi connectivity index (χ2v) is 10.4. The summed E-state index contributed by atoms with van der Waals surface area (Å²) in [5, 5.41) is 0. The Morgan fingerprint density at radius 2 is 1.08 bits per heavy atom. The second kappa shape index (κ2) is 10.7. The highest BCUT2D eigenvalue weighted by molar-refractivity contribution is 6.96. The predicted molar refractivity (Wildman–Crippen MR) is 163 cm³/mol. The van der Waals surface area contributed by atoms with Gasteiger partial charge in [-0.2, -0.15) is 0 Å². The summed E-state index contributed by atoms with van der Waals surface area (Å²) in [6.07, 6.45) is 5.25. The van der Waals surface area contributed by atoms with Gasteiger partial charge in [-0.3, -0.25) is 9.88 Å². The molecule has 1 aromatic heterocycles. The first-order chi connectivity index (χ1) is 18.3. The van der Waals surface area contributed by atoms with E-state index < -0.39 is 0 Å². The van der Waals surface area contributed by atoms with Gasteiger partial charge in [0.2, 0.25) is 6.71 Å². The minimum atomic E-state index is 0.145. The number of hydrogen-bond acceptors (Lipinski definition) is 3. The van der Waals surface area contributed by atoms with E-state index in [1.807, 2.05) is 12.3 Å². The minimum absolute atomic E-state index is 0.145. The summed E-state index contributed by atoms with van der Waals surface area (Å²) >= 11 is 0. The molecule has 38 heavy (non-hydrogen) atoms. The van der Waals surface area contributed by atoms with Gasteiger partial charge in [-0.05, 0) is 65.8 Å². The molecular weight excluding hydrogens is 461 g/mol. The fraction of sp³-hybridized carbons (Fsp3) is 0.176. The predicted octanol–water partition coefficient (Wildman–Crippen LogP) is 6.31. The monoisotopic (exact) mass is 495 g/mol. The number of aromatic nitrogens is 2. The molecule has 0 saturated carbocycles. The third-order valence-electron chi connectivity index (χ3n) is 7.33. The number of nitrogens with zero attached hydrogens (tertiary/aromatic N) is 3. The molecule has 0 N–H and O–H groups in total. The quantitative estimate of drug-likeness (QED) is 0.259. The number of anilines is 3. The molecular formula is C34H34BN3. The first kappa shape index (κ1) is 25.5. The lowest BCUT2D eigenvalue weighted by molar-refractivity contribution is 1.12. The van der Waals surface area contributed by atoms with E-state index in [0.717, 1.165) is 17.2 Å². The highest BCUT2D eigenvalue weighted by Gasteiger charge is 2.28. The molecule has 5 aromatic rings. The second-order valence-electron chi connectivity index (χ2n) is 10.4. The zero-order chi connectivity index (χ0) is 26.8. The molecule has 0 saturated heterocycles. The van der Waals surface area contributed by atoms with Crippen LogP contribution in [0.3, 0.4) is 0 Å². The van der Waals surface area contributed by atoms with Gasteiger partial charge in [0.25, 0.3) is 0 Å². The summed E-state index contributed by atoms with van der Waals surface area (Å²) in [6, 6.07) is 28.6. The molecule has 0 aliphatic rings. The summed E-state index contributed by atoms with van der Waals surface area (Å²) < 4.78 is 0. The van der Waals surface area contributed by atoms with E-state index in [-0.39, 0.29) is 6.71 Å². The van der Waals surface area contributed by atoms with Gasteiger partial charge in [0.15, 0.2) is 5.82 Å². The van der Waals surface area contributed by atoms with Crippen molar-refractivity contribution in [1.82, 2.24) is 9.97 Å². The molecule has 0 bridgehead atoms. The Balaban J connectivity index is 1.68. The lowest BCUT2D eigenvalue weighted by Crippen LogP contribution is -2.55. The van der Waals surface area contributed by atoms with E-state index in [1.54, 1.807) is 12.4 Å². The van der Waals surface area contributed by atoms with E-state index in [1.165, 1.54) is 49.8 Å². The van der Waals surface area contributed by atoms with Crippen molar-refractivity contribution in [2.45, 2.75) is 41.5 Å². The van der Waals surface area contributed by atoms with Gasteiger partial charge in [0.05, 0.1) is 6.20 Å². The molecule has 0 aliphatic heterocycles. The van der Waals surface area contributed by atoms with E-state index >= 15 is 0 Å². The molecule has 4 heteroatoms. The Morgan fingerprint density at radius 3 is 1.55 bits per heavy atom. The fourth-order valence-corrected chi connectivity index (χ4v) is 5.98. The van der Waals surface area contributed by atoms with Crippen molar-refractivity contribution in [3.05, 3.63) is 131 Å². The molecule has 0 aliphatic carbocycles. The first-order valence-corrected chi connectivity index (χ1v) is 13.2. The molecule has 0 fully saturated rings. The summed E-state index contributed by atoms with van der Waals surface area (Å²) in [5.74, 6) is 0.790. The largest absolute Gasteiger partial charge is 0.294 e. The highest BCUT2D eigenvalue weighted by atomic mass is 15.2. The van der Waals surface area contributed by atoms with Crippen molar-refractivity contribution in [1.29, 1.82) is 0 Å². The molecule has 188 valence electrons. The molecule has 0 atom stereocenters. The van der Waals surface area contributed by atoms with E-state index in [2.05, 4.69) is 129 Å². The molecule has 0 radical (unpaired) electrons. The van der Waals surface area contributed by atoms with Gasteiger partial charge in [-0.25, -0.2) is 4.98 Å².